The maximum absolute atomic E-state index is 12.0. The summed E-state index contributed by atoms with van der Waals surface area (Å²) < 4.78 is 1.04. The highest BCUT2D eigenvalue weighted by atomic mass is 79.9. The lowest BCUT2D eigenvalue weighted by atomic mass is 9.98. The molecule has 1 aliphatic carbocycles. The lowest BCUT2D eigenvalue weighted by Gasteiger charge is -2.22. The summed E-state index contributed by atoms with van der Waals surface area (Å²) in [5.41, 5.74) is 6.53. The molecule has 3 N–H and O–H groups in total. The maximum Gasteiger partial charge on any atom is 0.240 e. The SMILES string of the molecule is Cl.NC1(C(=O)NCc2ccc(Br)cc2)CCCC1. The first-order valence-electron chi connectivity index (χ1n) is 5.92. The van der Waals surface area contributed by atoms with Crippen LogP contribution in [0.5, 0.6) is 0 Å². The Morgan fingerprint density at radius 2 is 1.83 bits per heavy atom. The molecule has 100 valence electrons. The second-order valence-corrected chi connectivity index (χ2v) is 5.59. The van der Waals surface area contributed by atoms with Crippen molar-refractivity contribution in [3.05, 3.63) is 34.3 Å². The molecule has 1 saturated carbocycles. The summed E-state index contributed by atoms with van der Waals surface area (Å²) in [7, 11) is 0. The van der Waals surface area contributed by atoms with Crippen molar-refractivity contribution in [1.82, 2.24) is 5.32 Å². The summed E-state index contributed by atoms with van der Waals surface area (Å²) in [6, 6.07) is 7.91. The van der Waals surface area contributed by atoms with E-state index < -0.39 is 5.54 Å². The van der Waals surface area contributed by atoms with Crippen molar-refractivity contribution < 1.29 is 4.79 Å². The largest absolute Gasteiger partial charge is 0.350 e. The maximum atomic E-state index is 12.0. The molecule has 0 aliphatic heterocycles. The molecule has 18 heavy (non-hydrogen) atoms. The van der Waals surface area contributed by atoms with Crippen LogP contribution in [0.3, 0.4) is 0 Å². The highest BCUT2D eigenvalue weighted by molar-refractivity contribution is 9.10. The fourth-order valence-corrected chi connectivity index (χ4v) is 2.46. The van der Waals surface area contributed by atoms with Gasteiger partial charge in [0.25, 0.3) is 0 Å². The molecule has 2 rings (SSSR count). The Morgan fingerprint density at radius 1 is 1.28 bits per heavy atom. The van der Waals surface area contributed by atoms with Crippen LogP contribution in [-0.4, -0.2) is 11.4 Å². The fraction of sp³-hybridized carbons (Fsp3) is 0.462. The van der Waals surface area contributed by atoms with E-state index in [4.69, 9.17) is 5.73 Å². The summed E-state index contributed by atoms with van der Waals surface area (Å²) in [5, 5.41) is 2.92. The molecule has 1 fully saturated rings. The van der Waals surface area contributed by atoms with Gasteiger partial charge in [-0.25, -0.2) is 0 Å². The predicted molar refractivity (Wildman–Crippen MR) is 78.6 cm³/mol. The van der Waals surface area contributed by atoms with Gasteiger partial charge in [0.05, 0.1) is 5.54 Å². The first-order valence-corrected chi connectivity index (χ1v) is 6.71. The molecule has 5 heteroatoms. The second kappa shape index (κ2) is 6.55. The van der Waals surface area contributed by atoms with Gasteiger partial charge < -0.3 is 11.1 Å². The molecule has 3 nitrogen and oxygen atoms in total. The number of hydrogen-bond acceptors (Lipinski definition) is 2. The summed E-state index contributed by atoms with van der Waals surface area (Å²) in [4.78, 5) is 12.0. The normalized spacial score (nSPS) is 17.0. The molecule has 0 unspecified atom stereocenters. The van der Waals surface area contributed by atoms with E-state index in [0.29, 0.717) is 6.54 Å². The average molecular weight is 334 g/mol. The number of carbonyl (C=O) groups is 1. The third kappa shape index (κ3) is 3.70. The average Bonchev–Trinajstić information content (AvgIpc) is 2.76. The first-order chi connectivity index (χ1) is 8.10. The topological polar surface area (TPSA) is 55.1 Å². The fourth-order valence-electron chi connectivity index (χ4n) is 2.19. The first kappa shape index (κ1) is 15.5. The van der Waals surface area contributed by atoms with Gasteiger partial charge in [0.1, 0.15) is 0 Å². The molecule has 0 atom stereocenters. The Bertz CT molecular complexity index is 402. The van der Waals surface area contributed by atoms with Crippen molar-refractivity contribution in [3.63, 3.8) is 0 Å². The number of nitrogens with two attached hydrogens (primary N) is 1. The molecule has 1 aromatic rings. The zero-order valence-corrected chi connectivity index (χ0v) is 12.5. The van der Waals surface area contributed by atoms with Crippen molar-refractivity contribution in [2.75, 3.05) is 0 Å². The lowest BCUT2D eigenvalue weighted by molar-refractivity contribution is -0.126. The van der Waals surface area contributed by atoms with Gasteiger partial charge in [-0.15, -0.1) is 12.4 Å². The third-order valence-electron chi connectivity index (χ3n) is 3.31. The second-order valence-electron chi connectivity index (χ2n) is 4.67. The monoisotopic (exact) mass is 332 g/mol. The van der Waals surface area contributed by atoms with Crippen LogP contribution in [0.2, 0.25) is 0 Å². The Morgan fingerprint density at radius 3 is 2.39 bits per heavy atom. The molecule has 0 bridgehead atoms. The van der Waals surface area contributed by atoms with Crippen molar-refractivity contribution >= 4 is 34.2 Å². The van der Waals surface area contributed by atoms with E-state index in [1.54, 1.807) is 0 Å². The Kier molecular flexibility index (Phi) is 5.63. The zero-order chi connectivity index (χ0) is 12.3. The van der Waals surface area contributed by atoms with Gasteiger partial charge in [-0.05, 0) is 30.5 Å². The van der Waals surface area contributed by atoms with E-state index in [2.05, 4.69) is 21.2 Å². The molecule has 0 aromatic heterocycles. The Labute approximate surface area is 122 Å². The number of hydrogen-bond donors (Lipinski definition) is 2. The number of halogens is 2. The molecule has 0 spiro atoms. The summed E-state index contributed by atoms with van der Waals surface area (Å²) in [6.45, 7) is 0.547. The molecule has 0 heterocycles. The van der Waals surface area contributed by atoms with Crippen molar-refractivity contribution in [2.24, 2.45) is 5.73 Å². The van der Waals surface area contributed by atoms with E-state index >= 15 is 0 Å². The smallest absolute Gasteiger partial charge is 0.240 e. The molecular weight excluding hydrogens is 316 g/mol. The van der Waals surface area contributed by atoms with Gasteiger partial charge in [-0.1, -0.05) is 40.9 Å². The molecular formula is C13H18BrClN2O. The number of rotatable bonds is 3. The molecule has 0 saturated heterocycles. The van der Waals surface area contributed by atoms with E-state index in [1.165, 1.54) is 0 Å². The molecule has 1 amide bonds. The quantitative estimate of drug-likeness (QED) is 0.893. The minimum Gasteiger partial charge on any atom is -0.350 e. The lowest BCUT2D eigenvalue weighted by Crippen LogP contribution is -2.51. The van der Waals surface area contributed by atoms with Crippen molar-refractivity contribution in [3.8, 4) is 0 Å². The molecule has 0 radical (unpaired) electrons. The van der Waals surface area contributed by atoms with Crippen LogP contribution < -0.4 is 11.1 Å². The number of carbonyl (C=O) groups excluding carboxylic acids is 1. The minimum atomic E-state index is -0.630. The number of amides is 1. The predicted octanol–water partition coefficient (Wildman–Crippen LogP) is 2.76. The Balaban J connectivity index is 0.00000162. The van der Waals surface area contributed by atoms with E-state index in [9.17, 15) is 4.79 Å². The number of benzene rings is 1. The van der Waals surface area contributed by atoms with Crippen LogP contribution in [0.15, 0.2) is 28.7 Å². The van der Waals surface area contributed by atoms with Crippen LogP contribution in [0.25, 0.3) is 0 Å². The Hall–Kier alpha value is -0.580. The van der Waals surface area contributed by atoms with E-state index in [0.717, 1.165) is 35.7 Å². The van der Waals surface area contributed by atoms with Crippen LogP contribution in [0.1, 0.15) is 31.2 Å². The summed E-state index contributed by atoms with van der Waals surface area (Å²) >= 11 is 3.38. The highest BCUT2D eigenvalue weighted by Gasteiger charge is 2.36. The highest BCUT2D eigenvalue weighted by Crippen LogP contribution is 2.27. The van der Waals surface area contributed by atoms with E-state index in [-0.39, 0.29) is 18.3 Å². The summed E-state index contributed by atoms with van der Waals surface area (Å²) in [5.74, 6) is -0.0158. The van der Waals surface area contributed by atoms with Crippen LogP contribution >= 0.6 is 28.3 Å². The standard InChI is InChI=1S/C13H17BrN2O.ClH/c14-11-5-3-10(4-6-11)9-16-12(17)13(15)7-1-2-8-13;/h3-6H,1-2,7-9,15H2,(H,16,17);1H. The summed E-state index contributed by atoms with van der Waals surface area (Å²) in [6.07, 6.45) is 3.72. The third-order valence-corrected chi connectivity index (χ3v) is 3.84. The van der Waals surface area contributed by atoms with E-state index in [1.807, 2.05) is 24.3 Å². The zero-order valence-electron chi connectivity index (χ0n) is 10.1. The van der Waals surface area contributed by atoms with Crippen LogP contribution in [-0.2, 0) is 11.3 Å². The van der Waals surface area contributed by atoms with Gasteiger partial charge in [-0.3, -0.25) is 4.79 Å². The minimum absolute atomic E-state index is 0. The van der Waals surface area contributed by atoms with Crippen molar-refractivity contribution in [1.29, 1.82) is 0 Å². The van der Waals surface area contributed by atoms with Gasteiger partial charge in [0, 0.05) is 11.0 Å². The van der Waals surface area contributed by atoms with Crippen LogP contribution in [0.4, 0.5) is 0 Å². The van der Waals surface area contributed by atoms with Crippen LogP contribution in [0, 0.1) is 0 Å². The van der Waals surface area contributed by atoms with Gasteiger partial charge in [0.15, 0.2) is 0 Å². The molecule has 1 aliphatic rings. The molecule has 1 aromatic carbocycles. The van der Waals surface area contributed by atoms with Gasteiger partial charge in [0.2, 0.25) is 5.91 Å². The van der Waals surface area contributed by atoms with Crippen molar-refractivity contribution in [2.45, 2.75) is 37.8 Å². The van der Waals surface area contributed by atoms with Gasteiger partial charge >= 0.3 is 0 Å². The van der Waals surface area contributed by atoms with Gasteiger partial charge in [-0.2, -0.15) is 0 Å². The number of nitrogens with one attached hydrogen (secondary N) is 1.